The molecule has 0 N–H and O–H groups in total. The van der Waals surface area contributed by atoms with Crippen molar-refractivity contribution in [1.29, 1.82) is 0 Å². The highest BCUT2D eigenvalue weighted by Gasteiger charge is 2.18. The lowest BCUT2D eigenvalue weighted by Gasteiger charge is -2.06. The second-order valence-corrected chi connectivity index (χ2v) is 4.04. The lowest BCUT2D eigenvalue weighted by atomic mass is 10.3. The van der Waals surface area contributed by atoms with E-state index in [1.807, 2.05) is 0 Å². The van der Waals surface area contributed by atoms with Crippen molar-refractivity contribution in [3.63, 3.8) is 0 Å². The van der Waals surface area contributed by atoms with Gasteiger partial charge in [-0.1, -0.05) is 11.6 Å². The molecule has 0 fully saturated rings. The van der Waals surface area contributed by atoms with Crippen LogP contribution >= 0.6 is 27.5 Å². The van der Waals surface area contributed by atoms with Crippen molar-refractivity contribution >= 4 is 39.4 Å². The van der Waals surface area contributed by atoms with Gasteiger partial charge in [-0.2, -0.15) is 0 Å². The summed E-state index contributed by atoms with van der Waals surface area (Å²) in [7, 11) is 0. The van der Waals surface area contributed by atoms with E-state index in [-0.39, 0.29) is 23.1 Å². The number of nitro groups is 1. The topological polar surface area (TPSA) is 78.7 Å². The zero-order valence-corrected chi connectivity index (χ0v) is 10.9. The fourth-order valence-corrected chi connectivity index (χ4v) is 1.76. The molecule has 17 heavy (non-hydrogen) atoms. The maximum absolute atomic E-state index is 11.1. The van der Waals surface area contributed by atoms with Gasteiger partial charge in [0, 0.05) is 0 Å². The molecule has 0 aliphatic rings. The number of benzene rings is 1. The Morgan fingerprint density at radius 1 is 1.59 bits per heavy atom. The second-order valence-electron chi connectivity index (χ2n) is 2.78. The summed E-state index contributed by atoms with van der Waals surface area (Å²) in [6, 6.07) is 2.32. The normalized spacial score (nSPS) is 9.82. The summed E-state index contributed by atoms with van der Waals surface area (Å²) < 4.78 is 9.63. The number of hydrogen-bond acceptors (Lipinski definition) is 5. The molecule has 0 atom stereocenters. The first kappa shape index (κ1) is 13.7. The Kier molecular flexibility index (Phi) is 4.71. The predicted molar refractivity (Wildman–Crippen MR) is 63.5 cm³/mol. The summed E-state index contributed by atoms with van der Waals surface area (Å²) in [5, 5.41) is 10.6. The van der Waals surface area contributed by atoms with Crippen LogP contribution in [0.2, 0.25) is 5.02 Å². The van der Waals surface area contributed by atoms with E-state index in [0.29, 0.717) is 4.47 Å². The van der Waals surface area contributed by atoms with Crippen molar-refractivity contribution in [1.82, 2.24) is 0 Å². The van der Waals surface area contributed by atoms with Gasteiger partial charge in [-0.3, -0.25) is 10.1 Å². The van der Waals surface area contributed by atoms with Crippen molar-refractivity contribution < 1.29 is 19.2 Å². The van der Waals surface area contributed by atoms with Gasteiger partial charge in [-0.05, 0) is 28.9 Å². The number of ether oxygens (including phenoxy) is 2. The maximum atomic E-state index is 11.1. The minimum atomic E-state index is -0.940. The molecule has 0 spiro atoms. The summed E-state index contributed by atoms with van der Waals surface area (Å²) in [4.78, 5) is 21.0. The molecule has 92 valence electrons. The first-order chi connectivity index (χ1) is 7.95. The van der Waals surface area contributed by atoms with Crippen LogP contribution < -0.4 is 4.74 Å². The first-order valence-electron chi connectivity index (χ1n) is 4.43. The van der Waals surface area contributed by atoms with Crippen LogP contribution in [0.4, 0.5) is 10.5 Å². The molecule has 6 nitrogen and oxygen atoms in total. The fourth-order valence-electron chi connectivity index (χ4n) is 0.974. The third-order valence-electron chi connectivity index (χ3n) is 1.65. The first-order valence-corrected chi connectivity index (χ1v) is 5.60. The molecule has 8 heteroatoms. The average Bonchev–Trinajstić information content (AvgIpc) is 2.21. The van der Waals surface area contributed by atoms with Crippen LogP contribution in [0.5, 0.6) is 5.75 Å². The van der Waals surface area contributed by atoms with Crippen LogP contribution in [0.25, 0.3) is 0 Å². The lowest BCUT2D eigenvalue weighted by Crippen LogP contribution is -2.10. The molecule has 1 rings (SSSR count). The highest BCUT2D eigenvalue weighted by Crippen LogP contribution is 2.35. The SMILES string of the molecule is CCOC(=O)Oc1cc([N+](=O)[O-])c(Cl)cc1Br. The number of nitrogens with zero attached hydrogens (tertiary/aromatic N) is 1. The van der Waals surface area contributed by atoms with E-state index in [1.54, 1.807) is 6.92 Å². The Labute approximate surface area is 110 Å². The molecule has 0 aliphatic carbocycles. The van der Waals surface area contributed by atoms with Gasteiger partial charge in [-0.25, -0.2) is 4.79 Å². The van der Waals surface area contributed by atoms with Crippen LogP contribution in [0, 0.1) is 10.1 Å². The van der Waals surface area contributed by atoms with Gasteiger partial charge in [0.2, 0.25) is 0 Å². The minimum Gasteiger partial charge on any atom is -0.434 e. The highest BCUT2D eigenvalue weighted by molar-refractivity contribution is 9.10. The molecule has 0 radical (unpaired) electrons. The molecule has 0 aromatic heterocycles. The largest absolute Gasteiger partial charge is 0.513 e. The molecule has 0 amide bonds. The molecule has 0 aliphatic heterocycles. The van der Waals surface area contributed by atoms with Gasteiger partial charge < -0.3 is 9.47 Å². The van der Waals surface area contributed by atoms with E-state index in [4.69, 9.17) is 16.3 Å². The quantitative estimate of drug-likeness (QED) is 0.368. The highest BCUT2D eigenvalue weighted by atomic mass is 79.9. The summed E-state index contributed by atoms with van der Waals surface area (Å²) in [5.74, 6) is -0.0282. The smallest absolute Gasteiger partial charge is 0.434 e. The number of hydrogen-bond donors (Lipinski definition) is 0. The van der Waals surface area contributed by atoms with Crippen LogP contribution in [-0.2, 0) is 4.74 Å². The van der Waals surface area contributed by atoms with Crippen LogP contribution in [0.3, 0.4) is 0 Å². The van der Waals surface area contributed by atoms with Crippen LogP contribution in [-0.4, -0.2) is 17.7 Å². The van der Waals surface area contributed by atoms with Crippen LogP contribution in [0.1, 0.15) is 6.92 Å². The van der Waals surface area contributed by atoms with E-state index in [2.05, 4.69) is 20.7 Å². The fraction of sp³-hybridized carbons (Fsp3) is 0.222. The molecule has 0 saturated heterocycles. The van der Waals surface area contributed by atoms with Crippen molar-refractivity contribution in [3.8, 4) is 5.75 Å². The molecular formula is C9H7BrClNO5. The van der Waals surface area contributed by atoms with Gasteiger partial charge in [0.15, 0.2) is 5.75 Å². The van der Waals surface area contributed by atoms with E-state index in [9.17, 15) is 14.9 Å². The van der Waals surface area contributed by atoms with Gasteiger partial charge in [0.1, 0.15) is 5.02 Å². The van der Waals surface area contributed by atoms with E-state index < -0.39 is 11.1 Å². The Hall–Kier alpha value is -1.34. The Bertz CT molecular complexity index is 465. The number of nitro benzene ring substituents is 1. The molecule has 1 aromatic rings. The molecule has 0 unspecified atom stereocenters. The molecule has 0 bridgehead atoms. The van der Waals surface area contributed by atoms with Crippen molar-refractivity contribution in [3.05, 3.63) is 31.7 Å². The third kappa shape index (κ3) is 3.57. The minimum absolute atomic E-state index is 0.0282. The summed E-state index contributed by atoms with van der Waals surface area (Å²) in [5.41, 5.74) is -0.353. The van der Waals surface area contributed by atoms with Crippen molar-refractivity contribution in [2.75, 3.05) is 6.61 Å². The van der Waals surface area contributed by atoms with Crippen molar-refractivity contribution in [2.45, 2.75) is 6.92 Å². The van der Waals surface area contributed by atoms with Crippen molar-refractivity contribution in [2.24, 2.45) is 0 Å². The Morgan fingerprint density at radius 2 is 2.24 bits per heavy atom. The number of carbonyl (C=O) groups excluding carboxylic acids is 1. The monoisotopic (exact) mass is 323 g/mol. The maximum Gasteiger partial charge on any atom is 0.513 e. The zero-order valence-electron chi connectivity index (χ0n) is 8.61. The standard InChI is InChI=1S/C9H7BrClNO5/c1-2-16-9(13)17-8-4-7(12(14)15)6(11)3-5(8)10/h3-4H,2H2,1H3. The van der Waals surface area contributed by atoms with E-state index in [0.717, 1.165) is 6.07 Å². The molecule has 0 heterocycles. The van der Waals surface area contributed by atoms with Gasteiger partial charge in [-0.15, -0.1) is 0 Å². The third-order valence-corrected chi connectivity index (χ3v) is 2.58. The molecular weight excluding hydrogens is 317 g/mol. The summed E-state index contributed by atoms with van der Waals surface area (Å²) in [6.07, 6.45) is -0.940. The second kappa shape index (κ2) is 5.83. The Balaban J connectivity index is 3.03. The van der Waals surface area contributed by atoms with Gasteiger partial charge in [0.25, 0.3) is 5.69 Å². The number of carbonyl (C=O) groups is 1. The van der Waals surface area contributed by atoms with Gasteiger partial charge >= 0.3 is 6.16 Å². The number of halogens is 2. The average molecular weight is 325 g/mol. The zero-order chi connectivity index (χ0) is 13.0. The van der Waals surface area contributed by atoms with E-state index in [1.165, 1.54) is 6.07 Å². The summed E-state index contributed by atoms with van der Waals surface area (Å²) >= 11 is 8.72. The summed E-state index contributed by atoms with van der Waals surface area (Å²) in [6.45, 7) is 1.76. The predicted octanol–water partition coefficient (Wildman–Crippen LogP) is 3.55. The Morgan fingerprint density at radius 3 is 2.76 bits per heavy atom. The molecule has 0 saturated carbocycles. The van der Waals surface area contributed by atoms with E-state index >= 15 is 0 Å². The lowest BCUT2D eigenvalue weighted by molar-refractivity contribution is -0.384. The van der Waals surface area contributed by atoms with Gasteiger partial charge in [0.05, 0.1) is 22.1 Å². The molecule has 1 aromatic carbocycles. The van der Waals surface area contributed by atoms with Crippen LogP contribution in [0.15, 0.2) is 16.6 Å². The number of rotatable bonds is 3.